The Kier molecular flexibility index (Phi) is 10.2. The van der Waals surface area contributed by atoms with E-state index in [2.05, 4.69) is 57.3 Å². The van der Waals surface area contributed by atoms with E-state index in [0.717, 1.165) is 51.2 Å². The van der Waals surface area contributed by atoms with Crippen LogP contribution in [0.25, 0.3) is 11.1 Å². The molecule has 0 aliphatic carbocycles. The second-order valence-electron chi connectivity index (χ2n) is 12.6. The van der Waals surface area contributed by atoms with Crippen LogP contribution in [0.15, 0.2) is 48.5 Å². The number of alkyl carbamates (subject to hydrolysis) is 1. The summed E-state index contributed by atoms with van der Waals surface area (Å²) in [6, 6.07) is 15.8. The van der Waals surface area contributed by atoms with Gasteiger partial charge in [0, 0.05) is 29.1 Å². The summed E-state index contributed by atoms with van der Waals surface area (Å²) in [5.41, 5.74) is 7.15. The lowest BCUT2D eigenvalue weighted by Gasteiger charge is -2.26. The molecule has 2 aromatic carbocycles. The van der Waals surface area contributed by atoms with Gasteiger partial charge in [0.25, 0.3) is 0 Å². The number of pyridine rings is 1. The van der Waals surface area contributed by atoms with Gasteiger partial charge in [0.05, 0.1) is 13.5 Å². The molecule has 0 unspecified atom stereocenters. The first-order chi connectivity index (χ1) is 19.1. The molecule has 0 fully saturated rings. The molecule has 1 heterocycles. The van der Waals surface area contributed by atoms with Gasteiger partial charge in [-0.05, 0) is 75.3 Å². The van der Waals surface area contributed by atoms with Crippen LogP contribution in [0.3, 0.4) is 0 Å². The van der Waals surface area contributed by atoms with Crippen molar-refractivity contribution in [2.75, 3.05) is 7.11 Å². The number of aryl methyl sites for hydroxylation is 2. The van der Waals surface area contributed by atoms with Crippen LogP contribution in [0, 0.1) is 19.3 Å². The summed E-state index contributed by atoms with van der Waals surface area (Å²) in [6.45, 7) is 16.7. The van der Waals surface area contributed by atoms with Gasteiger partial charge >= 0.3 is 12.1 Å². The zero-order valence-electron chi connectivity index (χ0n) is 25.9. The molecule has 0 aliphatic heterocycles. The number of nitrogens with zero attached hydrogens (tertiary/aromatic N) is 1. The van der Waals surface area contributed by atoms with E-state index in [1.54, 1.807) is 0 Å². The Bertz CT molecular complexity index is 1350. The summed E-state index contributed by atoms with van der Waals surface area (Å²) in [4.78, 5) is 29.4. The van der Waals surface area contributed by atoms with Gasteiger partial charge in [0.15, 0.2) is 0 Å². The lowest BCUT2D eigenvalue weighted by Crippen LogP contribution is -2.33. The average Bonchev–Trinajstić information content (AvgIpc) is 2.86. The zero-order chi connectivity index (χ0) is 30.4. The molecule has 0 radical (unpaired) electrons. The lowest BCUT2D eigenvalue weighted by atomic mass is 9.85. The topological polar surface area (TPSA) is 86.8 Å². The Morgan fingerprint density at radius 2 is 1.51 bits per heavy atom. The fraction of sp³-hybridized carbons (Fsp3) is 0.441. The fourth-order valence-electron chi connectivity index (χ4n) is 4.50. The number of hydrogen-bond donors (Lipinski definition) is 1. The number of nitrogens with one attached hydrogen (secondary N) is 1. The molecule has 0 saturated heterocycles. The van der Waals surface area contributed by atoms with Crippen molar-refractivity contribution in [3.63, 3.8) is 0 Å². The second-order valence-corrected chi connectivity index (χ2v) is 12.6. The maximum Gasteiger partial charge on any atom is 0.407 e. The van der Waals surface area contributed by atoms with Crippen molar-refractivity contribution in [2.45, 2.75) is 87.0 Å². The van der Waals surface area contributed by atoms with Crippen LogP contribution in [-0.4, -0.2) is 29.8 Å². The Hall–Kier alpha value is -3.87. The minimum Gasteiger partial charge on any atom is -0.489 e. The van der Waals surface area contributed by atoms with Crippen molar-refractivity contribution in [1.82, 2.24) is 10.3 Å². The van der Waals surface area contributed by atoms with Crippen LogP contribution in [0.2, 0.25) is 0 Å². The highest BCUT2D eigenvalue weighted by atomic mass is 16.6. The summed E-state index contributed by atoms with van der Waals surface area (Å²) in [5, 5.41) is 2.97. The van der Waals surface area contributed by atoms with Gasteiger partial charge in [-0.15, -0.1) is 0 Å². The van der Waals surface area contributed by atoms with Gasteiger partial charge in [-0.2, -0.15) is 0 Å². The maximum absolute atomic E-state index is 12.7. The fourth-order valence-corrected chi connectivity index (χ4v) is 4.50. The van der Waals surface area contributed by atoms with E-state index >= 15 is 0 Å². The zero-order valence-corrected chi connectivity index (χ0v) is 25.9. The molecule has 220 valence electrons. The third-order valence-electron chi connectivity index (χ3n) is 6.42. The lowest BCUT2D eigenvalue weighted by molar-refractivity contribution is -0.139. The molecule has 0 bridgehead atoms. The molecule has 0 atom stereocenters. The highest BCUT2D eigenvalue weighted by molar-refractivity contribution is 5.75. The monoisotopic (exact) mass is 560 g/mol. The standard InChI is InChI=1S/C34H44N2O5/c1-22-10-14-25(15-11-22)31-27(20-35-32(38)41-34(6,7)8)29(19-33(3,4)5)36-23(2)28(31)21-40-26-16-12-24(13-17-26)18-30(37)39-9/h10-17H,18-21H2,1-9H3,(H,35,38). The van der Waals surface area contributed by atoms with Crippen LogP contribution in [0.5, 0.6) is 5.75 Å². The number of carbonyl (C=O) groups is 2. The average molecular weight is 561 g/mol. The van der Waals surface area contributed by atoms with E-state index < -0.39 is 11.7 Å². The van der Waals surface area contributed by atoms with Crippen molar-refractivity contribution in [3.05, 3.63) is 82.2 Å². The Morgan fingerprint density at radius 1 is 0.878 bits per heavy atom. The van der Waals surface area contributed by atoms with Gasteiger partial charge in [-0.3, -0.25) is 9.78 Å². The molecule has 0 aliphatic rings. The number of esters is 1. The van der Waals surface area contributed by atoms with Gasteiger partial charge in [0.2, 0.25) is 0 Å². The number of carbonyl (C=O) groups excluding carboxylic acids is 2. The number of amides is 1. The maximum atomic E-state index is 12.7. The molecule has 1 amide bonds. The van der Waals surface area contributed by atoms with Crippen molar-refractivity contribution < 1.29 is 23.8 Å². The van der Waals surface area contributed by atoms with E-state index in [9.17, 15) is 9.59 Å². The third kappa shape index (κ3) is 9.62. The van der Waals surface area contributed by atoms with E-state index in [1.807, 2.05) is 52.0 Å². The number of benzene rings is 2. The molecule has 0 spiro atoms. The van der Waals surface area contributed by atoms with Crippen LogP contribution in [0.4, 0.5) is 4.79 Å². The molecule has 0 saturated carbocycles. The highest BCUT2D eigenvalue weighted by Crippen LogP contribution is 2.35. The predicted molar refractivity (Wildman–Crippen MR) is 162 cm³/mol. The van der Waals surface area contributed by atoms with E-state index in [-0.39, 0.29) is 31.0 Å². The van der Waals surface area contributed by atoms with Crippen molar-refractivity contribution in [3.8, 4) is 16.9 Å². The number of methoxy groups -OCH3 is 1. The SMILES string of the molecule is COC(=O)Cc1ccc(OCc2c(C)nc(CC(C)(C)C)c(CNC(=O)OC(C)(C)C)c2-c2ccc(C)cc2)cc1. The van der Waals surface area contributed by atoms with E-state index in [1.165, 1.54) is 7.11 Å². The van der Waals surface area contributed by atoms with Gasteiger partial charge in [-0.1, -0.05) is 62.7 Å². The van der Waals surface area contributed by atoms with Crippen LogP contribution >= 0.6 is 0 Å². The molecular formula is C34H44N2O5. The van der Waals surface area contributed by atoms with Crippen molar-refractivity contribution in [1.29, 1.82) is 0 Å². The first-order valence-corrected chi connectivity index (χ1v) is 14.0. The molecule has 3 rings (SSSR count). The Morgan fingerprint density at radius 3 is 2.07 bits per heavy atom. The summed E-state index contributed by atoms with van der Waals surface area (Å²) >= 11 is 0. The summed E-state index contributed by atoms with van der Waals surface area (Å²) in [6.07, 6.45) is 0.473. The molecule has 7 heteroatoms. The smallest absolute Gasteiger partial charge is 0.407 e. The summed E-state index contributed by atoms with van der Waals surface area (Å²) in [5.74, 6) is 0.394. The normalized spacial score (nSPS) is 11.6. The van der Waals surface area contributed by atoms with Crippen molar-refractivity contribution >= 4 is 12.1 Å². The van der Waals surface area contributed by atoms with Crippen LogP contribution in [-0.2, 0) is 40.3 Å². The first-order valence-electron chi connectivity index (χ1n) is 14.0. The summed E-state index contributed by atoms with van der Waals surface area (Å²) in [7, 11) is 1.38. The second kappa shape index (κ2) is 13.2. The van der Waals surface area contributed by atoms with Crippen molar-refractivity contribution in [2.24, 2.45) is 5.41 Å². The van der Waals surface area contributed by atoms with Gasteiger partial charge < -0.3 is 19.5 Å². The number of aromatic nitrogens is 1. The number of hydrogen-bond acceptors (Lipinski definition) is 6. The minimum absolute atomic E-state index is 0.0192. The molecule has 41 heavy (non-hydrogen) atoms. The largest absolute Gasteiger partial charge is 0.489 e. The van der Waals surface area contributed by atoms with E-state index in [0.29, 0.717) is 5.75 Å². The van der Waals surface area contributed by atoms with E-state index in [4.69, 9.17) is 19.2 Å². The molecule has 1 N–H and O–H groups in total. The van der Waals surface area contributed by atoms with Gasteiger partial charge in [0.1, 0.15) is 18.0 Å². The minimum atomic E-state index is -0.602. The van der Waals surface area contributed by atoms with Crippen LogP contribution < -0.4 is 10.1 Å². The Labute approximate surface area is 244 Å². The first kappa shape index (κ1) is 31.7. The number of rotatable bonds is 9. The molecular weight excluding hydrogens is 516 g/mol. The summed E-state index contributed by atoms with van der Waals surface area (Å²) < 4.78 is 16.6. The molecule has 1 aromatic heterocycles. The Balaban J connectivity index is 2.05. The highest BCUT2D eigenvalue weighted by Gasteiger charge is 2.24. The van der Waals surface area contributed by atoms with Gasteiger partial charge in [-0.25, -0.2) is 4.79 Å². The number of ether oxygens (including phenoxy) is 3. The predicted octanol–water partition coefficient (Wildman–Crippen LogP) is 7.27. The quantitative estimate of drug-likeness (QED) is 0.277. The third-order valence-corrected chi connectivity index (χ3v) is 6.42. The molecule has 7 nitrogen and oxygen atoms in total. The molecule has 3 aromatic rings. The van der Waals surface area contributed by atoms with Crippen LogP contribution in [0.1, 0.15) is 75.2 Å².